The van der Waals surface area contributed by atoms with Crippen molar-refractivity contribution < 1.29 is 0 Å². The minimum atomic E-state index is -0.201. The molecule has 0 saturated heterocycles. The fourth-order valence-corrected chi connectivity index (χ4v) is 2.64. The molecule has 0 radical (unpaired) electrons. The van der Waals surface area contributed by atoms with Gasteiger partial charge in [-0.15, -0.1) is 0 Å². The molecular weight excluding hydrogens is 284 g/mol. The van der Waals surface area contributed by atoms with Crippen LogP contribution in [-0.2, 0) is 0 Å². The van der Waals surface area contributed by atoms with Crippen molar-refractivity contribution in [3.63, 3.8) is 0 Å². The zero-order chi connectivity index (χ0) is 15.0. The van der Waals surface area contributed by atoms with E-state index in [1.165, 1.54) is 0 Å². The number of benzene rings is 2. The largest absolute Gasteiger partial charge is 0.322 e. The summed E-state index contributed by atoms with van der Waals surface area (Å²) < 4.78 is 2.08. The second-order valence-electron chi connectivity index (χ2n) is 5.23. The number of hydrogen-bond acceptors (Lipinski definition) is 2. The summed E-state index contributed by atoms with van der Waals surface area (Å²) in [4.78, 5) is 16.6. The first-order chi connectivity index (χ1) is 10.1. The summed E-state index contributed by atoms with van der Waals surface area (Å²) in [5.74, 6) is 0.672. The van der Waals surface area contributed by atoms with Gasteiger partial charge in [-0.2, -0.15) is 4.98 Å². The first-order valence-corrected chi connectivity index (χ1v) is 7.23. The van der Waals surface area contributed by atoms with Crippen molar-refractivity contribution in [2.45, 2.75) is 19.9 Å². The Kier molecular flexibility index (Phi) is 3.52. The van der Waals surface area contributed by atoms with Crippen LogP contribution < -0.4 is 5.56 Å². The van der Waals surface area contributed by atoms with Crippen LogP contribution in [0.15, 0.2) is 53.3 Å². The Morgan fingerprint density at radius 2 is 1.71 bits per heavy atom. The van der Waals surface area contributed by atoms with Crippen molar-refractivity contribution in [3.8, 4) is 11.4 Å². The van der Waals surface area contributed by atoms with E-state index in [0.29, 0.717) is 16.2 Å². The third-order valence-electron chi connectivity index (χ3n) is 3.45. The van der Waals surface area contributed by atoms with E-state index < -0.39 is 0 Å². The van der Waals surface area contributed by atoms with E-state index in [9.17, 15) is 4.79 Å². The molecule has 0 atom stereocenters. The summed E-state index contributed by atoms with van der Waals surface area (Å²) in [6.45, 7) is 4.16. The van der Waals surface area contributed by atoms with E-state index in [1.807, 2.05) is 48.5 Å². The molecule has 106 valence electrons. The number of rotatable bonds is 2. The monoisotopic (exact) mass is 298 g/mol. The number of para-hydroxylation sites is 1. The van der Waals surface area contributed by atoms with Crippen LogP contribution in [0.2, 0.25) is 5.02 Å². The third kappa shape index (κ3) is 2.45. The zero-order valence-electron chi connectivity index (χ0n) is 11.9. The second-order valence-corrected chi connectivity index (χ2v) is 5.66. The van der Waals surface area contributed by atoms with E-state index in [0.717, 1.165) is 11.1 Å². The van der Waals surface area contributed by atoms with Crippen LogP contribution in [0.4, 0.5) is 0 Å². The van der Waals surface area contributed by atoms with Crippen LogP contribution >= 0.6 is 11.6 Å². The van der Waals surface area contributed by atoms with Crippen LogP contribution in [0.1, 0.15) is 19.9 Å². The minimum absolute atomic E-state index is 0.189. The van der Waals surface area contributed by atoms with Gasteiger partial charge in [-0.1, -0.05) is 23.7 Å². The molecule has 0 saturated carbocycles. The van der Waals surface area contributed by atoms with Gasteiger partial charge < -0.3 is 4.57 Å². The Labute approximate surface area is 127 Å². The minimum Gasteiger partial charge on any atom is -0.322 e. The molecule has 4 heteroatoms. The maximum Gasteiger partial charge on any atom is 0.281 e. The highest BCUT2D eigenvalue weighted by molar-refractivity contribution is 6.30. The topological polar surface area (TPSA) is 34.9 Å². The smallest absolute Gasteiger partial charge is 0.281 e. The number of aromatic nitrogens is 2. The van der Waals surface area contributed by atoms with Crippen LogP contribution in [0.25, 0.3) is 22.3 Å². The predicted octanol–water partition coefficient (Wildman–Crippen LogP) is 4.30. The SMILES string of the molecule is CC(C)n1c(-c2ccc(Cl)cc2)nc(=O)c2ccccc21. The number of fused-ring (bicyclic) bond motifs is 1. The average Bonchev–Trinajstić information content (AvgIpc) is 2.47. The molecule has 1 heterocycles. The lowest BCUT2D eigenvalue weighted by Gasteiger charge is -2.19. The van der Waals surface area contributed by atoms with Gasteiger partial charge in [0.2, 0.25) is 0 Å². The molecule has 1 aromatic heterocycles. The lowest BCUT2D eigenvalue weighted by atomic mass is 10.1. The maximum absolute atomic E-state index is 12.3. The van der Waals surface area contributed by atoms with Crippen molar-refractivity contribution >= 4 is 22.5 Å². The van der Waals surface area contributed by atoms with Gasteiger partial charge in [0.1, 0.15) is 5.82 Å². The highest BCUT2D eigenvalue weighted by Gasteiger charge is 2.14. The number of nitrogens with zero attached hydrogens (tertiary/aromatic N) is 2. The lowest BCUT2D eigenvalue weighted by Crippen LogP contribution is -2.17. The molecule has 0 fully saturated rings. The quantitative estimate of drug-likeness (QED) is 0.707. The Balaban J connectivity index is 2.39. The Bertz CT molecular complexity index is 851. The van der Waals surface area contributed by atoms with Crippen LogP contribution in [-0.4, -0.2) is 9.55 Å². The summed E-state index contributed by atoms with van der Waals surface area (Å²) in [6, 6.07) is 15.1. The van der Waals surface area contributed by atoms with Gasteiger partial charge in [0.25, 0.3) is 5.56 Å². The lowest BCUT2D eigenvalue weighted by molar-refractivity contribution is 0.614. The molecular formula is C17H15ClN2O. The van der Waals surface area contributed by atoms with Gasteiger partial charge in [-0.3, -0.25) is 4.79 Å². The van der Waals surface area contributed by atoms with Crippen LogP contribution in [0, 0.1) is 0 Å². The fourth-order valence-electron chi connectivity index (χ4n) is 2.51. The molecule has 3 rings (SSSR count). The van der Waals surface area contributed by atoms with Gasteiger partial charge in [0.15, 0.2) is 0 Å². The summed E-state index contributed by atoms with van der Waals surface area (Å²) in [5.41, 5.74) is 1.58. The summed E-state index contributed by atoms with van der Waals surface area (Å²) in [5, 5.41) is 1.31. The van der Waals surface area contributed by atoms with Crippen molar-refractivity contribution in [2.24, 2.45) is 0 Å². The molecule has 0 amide bonds. The third-order valence-corrected chi connectivity index (χ3v) is 3.70. The molecule has 0 aliphatic heterocycles. The highest BCUT2D eigenvalue weighted by atomic mass is 35.5. The molecule has 0 aliphatic carbocycles. The molecule has 0 spiro atoms. The summed E-state index contributed by atoms with van der Waals surface area (Å²) in [7, 11) is 0. The van der Waals surface area contributed by atoms with Crippen LogP contribution in [0.3, 0.4) is 0 Å². The van der Waals surface area contributed by atoms with E-state index in [-0.39, 0.29) is 11.6 Å². The van der Waals surface area contributed by atoms with Gasteiger partial charge in [0.05, 0.1) is 10.9 Å². The van der Waals surface area contributed by atoms with E-state index in [1.54, 1.807) is 0 Å². The zero-order valence-corrected chi connectivity index (χ0v) is 12.6. The Morgan fingerprint density at radius 3 is 2.38 bits per heavy atom. The molecule has 0 unspecified atom stereocenters. The Hall–Kier alpha value is -2.13. The van der Waals surface area contributed by atoms with E-state index in [2.05, 4.69) is 23.4 Å². The predicted molar refractivity (Wildman–Crippen MR) is 86.8 cm³/mol. The molecule has 0 aliphatic rings. The van der Waals surface area contributed by atoms with E-state index >= 15 is 0 Å². The summed E-state index contributed by atoms with van der Waals surface area (Å²) in [6.07, 6.45) is 0. The highest BCUT2D eigenvalue weighted by Crippen LogP contribution is 2.25. The maximum atomic E-state index is 12.3. The van der Waals surface area contributed by atoms with Gasteiger partial charge >= 0.3 is 0 Å². The fraction of sp³-hybridized carbons (Fsp3) is 0.176. The second kappa shape index (κ2) is 5.34. The van der Waals surface area contributed by atoms with Gasteiger partial charge in [-0.25, -0.2) is 0 Å². The number of halogens is 1. The number of hydrogen-bond donors (Lipinski definition) is 0. The van der Waals surface area contributed by atoms with Crippen molar-refractivity contribution in [3.05, 3.63) is 63.9 Å². The van der Waals surface area contributed by atoms with Crippen molar-refractivity contribution in [1.82, 2.24) is 9.55 Å². The standard InChI is InChI=1S/C17H15ClN2O/c1-11(2)20-15-6-4-3-5-14(15)17(21)19-16(20)12-7-9-13(18)10-8-12/h3-11H,1-2H3. The molecule has 0 N–H and O–H groups in total. The molecule has 3 aromatic rings. The van der Waals surface area contributed by atoms with Gasteiger partial charge in [0, 0.05) is 16.6 Å². The first kappa shape index (κ1) is 13.8. The average molecular weight is 299 g/mol. The molecule has 3 nitrogen and oxygen atoms in total. The van der Waals surface area contributed by atoms with E-state index in [4.69, 9.17) is 11.6 Å². The first-order valence-electron chi connectivity index (χ1n) is 6.85. The summed E-state index contributed by atoms with van der Waals surface area (Å²) >= 11 is 5.94. The molecule has 0 bridgehead atoms. The normalized spacial score (nSPS) is 11.2. The van der Waals surface area contributed by atoms with Gasteiger partial charge in [-0.05, 0) is 50.2 Å². The van der Waals surface area contributed by atoms with Crippen LogP contribution in [0.5, 0.6) is 0 Å². The molecule has 2 aromatic carbocycles. The van der Waals surface area contributed by atoms with Crippen molar-refractivity contribution in [2.75, 3.05) is 0 Å². The Morgan fingerprint density at radius 1 is 1.05 bits per heavy atom. The van der Waals surface area contributed by atoms with Crippen molar-refractivity contribution in [1.29, 1.82) is 0 Å². The molecule has 21 heavy (non-hydrogen) atoms.